The van der Waals surface area contributed by atoms with E-state index in [-0.39, 0.29) is 0 Å². The summed E-state index contributed by atoms with van der Waals surface area (Å²) in [4.78, 5) is 0. The van der Waals surface area contributed by atoms with Gasteiger partial charge in [0, 0.05) is 5.39 Å². The van der Waals surface area contributed by atoms with Crippen LogP contribution in [-0.4, -0.2) is 15.4 Å². The molecule has 0 atom stereocenters. The number of rotatable bonds is 0. The first-order valence-electron chi connectivity index (χ1n) is 5.00. The third kappa shape index (κ3) is 2.85. The van der Waals surface area contributed by atoms with Crippen LogP contribution in [0.25, 0.3) is 10.9 Å². The Balaban J connectivity index is 0.000000138. The smallest absolute Gasteiger partial charge is 0.0963 e. The molecular formula is C13H11N3. The Labute approximate surface area is 93.8 Å². The molecule has 3 rings (SSSR count). The van der Waals surface area contributed by atoms with Crippen LogP contribution in [0.1, 0.15) is 0 Å². The van der Waals surface area contributed by atoms with Crippen molar-refractivity contribution in [2.45, 2.75) is 0 Å². The molecule has 0 radical (unpaired) electrons. The van der Waals surface area contributed by atoms with Gasteiger partial charge >= 0.3 is 0 Å². The SMILES string of the molecule is c1ccc2nnncc2c1.c1ccccc1. The van der Waals surface area contributed by atoms with Crippen LogP contribution >= 0.6 is 0 Å². The van der Waals surface area contributed by atoms with Crippen LogP contribution in [0, 0.1) is 0 Å². The third-order valence-electron chi connectivity index (χ3n) is 2.00. The lowest BCUT2D eigenvalue weighted by Gasteiger charge is -1.89. The molecule has 2 aromatic carbocycles. The third-order valence-corrected chi connectivity index (χ3v) is 2.00. The number of nitrogens with zero attached hydrogens (tertiary/aromatic N) is 3. The molecule has 0 aliphatic carbocycles. The summed E-state index contributed by atoms with van der Waals surface area (Å²) in [6, 6.07) is 19.7. The van der Waals surface area contributed by atoms with E-state index >= 15 is 0 Å². The van der Waals surface area contributed by atoms with E-state index in [9.17, 15) is 0 Å². The maximum Gasteiger partial charge on any atom is 0.0963 e. The second kappa shape index (κ2) is 5.56. The van der Waals surface area contributed by atoms with Crippen LogP contribution in [0.5, 0.6) is 0 Å². The standard InChI is InChI=1S/C7H5N3.C6H6/c1-2-4-7-6(3-1)5-8-10-9-7;1-2-4-6-5-3-1/h1-5H;1-6H. The van der Waals surface area contributed by atoms with Crippen molar-refractivity contribution in [1.82, 2.24) is 15.4 Å². The van der Waals surface area contributed by atoms with Crippen molar-refractivity contribution >= 4 is 10.9 Å². The zero-order chi connectivity index (χ0) is 11.1. The normalized spacial score (nSPS) is 9.25. The minimum atomic E-state index is 0.887. The summed E-state index contributed by atoms with van der Waals surface area (Å²) in [6.45, 7) is 0. The van der Waals surface area contributed by atoms with Gasteiger partial charge in [-0.2, -0.15) is 0 Å². The number of hydrogen-bond acceptors (Lipinski definition) is 3. The minimum absolute atomic E-state index is 0.887. The Morgan fingerprint density at radius 1 is 0.688 bits per heavy atom. The maximum absolute atomic E-state index is 3.82. The van der Waals surface area contributed by atoms with E-state index < -0.39 is 0 Å². The summed E-state index contributed by atoms with van der Waals surface area (Å²) in [5.74, 6) is 0. The molecule has 0 aliphatic heterocycles. The summed E-state index contributed by atoms with van der Waals surface area (Å²) in [5, 5.41) is 12.0. The minimum Gasteiger partial charge on any atom is -0.138 e. The summed E-state index contributed by atoms with van der Waals surface area (Å²) >= 11 is 0. The van der Waals surface area contributed by atoms with E-state index in [0.29, 0.717) is 0 Å². The van der Waals surface area contributed by atoms with Crippen molar-refractivity contribution in [3.05, 3.63) is 66.9 Å². The van der Waals surface area contributed by atoms with Gasteiger partial charge in [0.05, 0.1) is 11.7 Å². The van der Waals surface area contributed by atoms with Gasteiger partial charge in [-0.1, -0.05) is 54.6 Å². The van der Waals surface area contributed by atoms with E-state index in [4.69, 9.17) is 0 Å². The molecule has 0 N–H and O–H groups in total. The largest absolute Gasteiger partial charge is 0.138 e. The zero-order valence-electron chi connectivity index (χ0n) is 8.69. The first-order valence-corrected chi connectivity index (χ1v) is 5.00. The van der Waals surface area contributed by atoms with Crippen molar-refractivity contribution in [1.29, 1.82) is 0 Å². The highest BCUT2D eigenvalue weighted by molar-refractivity contribution is 5.76. The summed E-state index contributed by atoms with van der Waals surface area (Å²) in [7, 11) is 0. The molecule has 3 nitrogen and oxygen atoms in total. The number of aromatic nitrogens is 3. The van der Waals surface area contributed by atoms with Crippen LogP contribution in [0.2, 0.25) is 0 Å². The summed E-state index contributed by atoms with van der Waals surface area (Å²) in [6.07, 6.45) is 1.70. The highest BCUT2D eigenvalue weighted by Gasteiger charge is 1.88. The van der Waals surface area contributed by atoms with Gasteiger partial charge in [-0.25, -0.2) is 0 Å². The number of hydrogen-bond donors (Lipinski definition) is 0. The Morgan fingerprint density at radius 3 is 1.94 bits per heavy atom. The van der Waals surface area contributed by atoms with E-state index in [0.717, 1.165) is 10.9 Å². The fraction of sp³-hybridized carbons (Fsp3) is 0. The van der Waals surface area contributed by atoms with Crippen molar-refractivity contribution in [3.63, 3.8) is 0 Å². The molecule has 16 heavy (non-hydrogen) atoms. The molecule has 0 fully saturated rings. The van der Waals surface area contributed by atoms with Crippen LogP contribution in [0.15, 0.2) is 66.9 Å². The lowest BCUT2D eigenvalue weighted by atomic mass is 10.2. The zero-order valence-corrected chi connectivity index (χ0v) is 8.69. The van der Waals surface area contributed by atoms with Gasteiger partial charge in [-0.3, -0.25) is 0 Å². The molecule has 3 heteroatoms. The molecule has 0 spiro atoms. The lowest BCUT2D eigenvalue weighted by Crippen LogP contribution is -1.85. The molecule has 3 aromatic rings. The van der Waals surface area contributed by atoms with Crippen LogP contribution in [0.3, 0.4) is 0 Å². The molecule has 0 saturated carbocycles. The van der Waals surface area contributed by atoms with E-state index in [1.807, 2.05) is 60.7 Å². The molecule has 0 bridgehead atoms. The second-order valence-electron chi connectivity index (χ2n) is 3.15. The van der Waals surface area contributed by atoms with Crippen LogP contribution < -0.4 is 0 Å². The summed E-state index contributed by atoms with van der Waals surface area (Å²) in [5.41, 5.74) is 0.887. The van der Waals surface area contributed by atoms with Crippen molar-refractivity contribution < 1.29 is 0 Å². The Bertz CT molecular complexity index is 445. The van der Waals surface area contributed by atoms with Crippen LogP contribution in [0.4, 0.5) is 0 Å². The first-order chi connectivity index (χ1) is 7.97. The molecule has 0 saturated heterocycles. The lowest BCUT2D eigenvalue weighted by molar-refractivity contribution is 0.895. The fourth-order valence-corrected chi connectivity index (χ4v) is 1.23. The van der Waals surface area contributed by atoms with E-state index in [1.165, 1.54) is 0 Å². The average Bonchev–Trinajstić information content (AvgIpc) is 2.42. The van der Waals surface area contributed by atoms with Gasteiger partial charge in [-0.05, 0) is 11.3 Å². The predicted molar refractivity (Wildman–Crippen MR) is 63.8 cm³/mol. The topological polar surface area (TPSA) is 38.7 Å². The van der Waals surface area contributed by atoms with Crippen molar-refractivity contribution in [2.75, 3.05) is 0 Å². The van der Waals surface area contributed by atoms with Gasteiger partial charge in [-0.15, -0.1) is 10.2 Å². The van der Waals surface area contributed by atoms with Gasteiger partial charge in [0.15, 0.2) is 0 Å². The van der Waals surface area contributed by atoms with Crippen LogP contribution in [-0.2, 0) is 0 Å². The fourth-order valence-electron chi connectivity index (χ4n) is 1.23. The van der Waals surface area contributed by atoms with Crippen molar-refractivity contribution in [3.8, 4) is 0 Å². The van der Waals surface area contributed by atoms with E-state index in [1.54, 1.807) is 6.20 Å². The second-order valence-corrected chi connectivity index (χ2v) is 3.15. The Kier molecular flexibility index (Phi) is 3.55. The highest BCUT2D eigenvalue weighted by atomic mass is 15.3. The highest BCUT2D eigenvalue weighted by Crippen LogP contribution is 2.05. The Morgan fingerprint density at radius 2 is 1.31 bits per heavy atom. The average molecular weight is 209 g/mol. The molecule has 1 heterocycles. The molecule has 78 valence electrons. The maximum atomic E-state index is 3.82. The monoisotopic (exact) mass is 209 g/mol. The first kappa shape index (κ1) is 10.2. The number of fused-ring (bicyclic) bond motifs is 1. The molecule has 1 aromatic heterocycles. The van der Waals surface area contributed by atoms with Gasteiger partial charge in [0.2, 0.25) is 0 Å². The predicted octanol–water partition coefficient (Wildman–Crippen LogP) is 2.71. The van der Waals surface area contributed by atoms with Gasteiger partial charge in [0.25, 0.3) is 0 Å². The molecule has 0 aliphatic rings. The molecular weight excluding hydrogens is 198 g/mol. The molecule has 0 unspecified atom stereocenters. The molecule has 0 amide bonds. The number of benzene rings is 2. The van der Waals surface area contributed by atoms with E-state index in [2.05, 4.69) is 15.4 Å². The van der Waals surface area contributed by atoms with Gasteiger partial charge in [0.1, 0.15) is 0 Å². The van der Waals surface area contributed by atoms with Crippen molar-refractivity contribution in [2.24, 2.45) is 0 Å². The Hall–Kier alpha value is -2.29. The quantitative estimate of drug-likeness (QED) is 0.571. The van der Waals surface area contributed by atoms with Gasteiger partial charge < -0.3 is 0 Å². The summed E-state index contributed by atoms with van der Waals surface area (Å²) < 4.78 is 0.